The Labute approximate surface area is 89.9 Å². The van der Waals surface area contributed by atoms with Crippen LogP contribution in [0.4, 0.5) is 0 Å². The molecule has 0 saturated heterocycles. The minimum absolute atomic E-state index is 0.133. The van der Waals surface area contributed by atoms with Gasteiger partial charge in [0.2, 0.25) is 11.3 Å². The quantitative estimate of drug-likeness (QED) is 0.588. The van der Waals surface area contributed by atoms with E-state index in [4.69, 9.17) is 4.55 Å². The van der Waals surface area contributed by atoms with Gasteiger partial charge in [0.05, 0.1) is 12.7 Å². The van der Waals surface area contributed by atoms with E-state index in [-0.39, 0.29) is 6.54 Å². The highest BCUT2D eigenvalue weighted by Gasteiger charge is 2.10. The molecular formula is C9H11NO4S. The molecule has 1 rings (SSSR count). The fraction of sp³-hybridized carbons (Fsp3) is 0.222. The van der Waals surface area contributed by atoms with Crippen molar-refractivity contribution in [1.29, 1.82) is 0 Å². The lowest BCUT2D eigenvalue weighted by atomic mass is 10.1. The summed E-state index contributed by atoms with van der Waals surface area (Å²) >= 11 is -2.09. The molecule has 0 heterocycles. The maximum Gasteiger partial charge on any atom is 0.338 e. The first-order valence-electron chi connectivity index (χ1n) is 4.15. The first kappa shape index (κ1) is 11.8. The number of nitrogens with one attached hydrogen (secondary N) is 1. The van der Waals surface area contributed by atoms with Gasteiger partial charge in [0.25, 0.3) is 0 Å². The summed E-state index contributed by atoms with van der Waals surface area (Å²) in [5.74, 6) is -0.462. The van der Waals surface area contributed by atoms with Gasteiger partial charge in [-0.25, -0.2) is 13.7 Å². The fourth-order valence-corrected chi connectivity index (χ4v) is 1.40. The van der Waals surface area contributed by atoms with E-state index in [0.29, 0.717) is 11.1 Å². The number of hydrogen-bond donors (Lipinski definition) is 2. The topological polar surface area (TPSA) is 75.6 Å². The first-order valence-corrected chi connectivity index (χ1v) is 5.26. The molecular weight excluding hydrogens is 218 g/mol. The lowest BCUT2D eigenvalue weighted by Gasteiger charge is -2.06. The number of carbonyl (C=O) groups is 1. The Bertz CT molecular complexity index is 380. The number of ether oxygens (including phenoxy) is 1. The summed E-state index contributed by atoms with van der Waals surface area (Å²) in [5, 5.41) is 0. The Hall–Kier alpha value is -1.24. The Kier molecular flexibility index (Phi) is 4.41. The minimum atomic E-state index is -2.09. The van der Waals surface area contributed by atoms with Crippen molar-refractivity contribution in [3.63, 3.8) is 0 Å². The van der Waals surface area contributed by atoms with Crippen molar-refractivity contribution in [3.8, 4) is 0 Å². The number of carbonyl (C=O) groups excluding carboxylic acids is 1. The van der Waals surface area contributed by atoms with Crippen LogP contribution in [0.5, 0.6) is 0 Å². The van der Waals surface area contributed by atoms with Crippen LogP contribution in [0, 0.1) is 0 Å². The molecule has 0 aromatic heterocycles. The van der Waals surface area contributed by atoms with E-state index >= 15 is 0 Å². The first-order chi connectivity index (χ1) is 7.15. The van der Waals surface area contributed by atoms with Gasteiger partial charge in [-0.1, -0.05) is 18.2 Å². The van der Waals surface area contributed by atoms with E-state index < -0.39 is 17.2 Å². The van der Waals surface area contributed by atoms with Crippen LogP contribution >= 0.6 is 0 Å². The van der Waals surface area contributed by atoms with Gasteiger partial charge in [-0.05, 0) is 11.6 Å². The molecule has 0 aliphatic rings. The fourth-order valence-electron chi connectivity index (χ4n) is 1.12. The molecule has 6 heteroatoms. The van der Waals surface area contributed by atoms with E-state index in [1.807, 2.05) is 0 Å². The Morgan fingerprint density at radius 3 is 2.80 bits per heavy atom. The lowest BCUT2D eigenvalue weighted by molar-refractivity contribution is 0.0599. The maximum absolute atomic E-state index is 11.3. The van der Waals surface area contributed by atoms with Crippen LogP contribution in [0.15, 0.2) is 24.3 Å². The summed E-state index contributed by atoms with van der Waals surface area (Å²) in [4.78, 5) is 11.3. The van der Waals surface area contributed by atoms with Gasteiger partial charge in [-0.15, -0.1) is 0 Å². The third kappa shape index (κ3) is 3.43. The largest absolute Gasteiger partial charge is 0.465 e. The molecule has 0 amide bonds. The normalized spacial score (nSPS) is 12.1. The zero-order valence-electron chi connectivity index (χ0n) is 8.10. The molecule has 5 nitrogen and oxygen atoms in total. The molecule has 15 heavy (non-hydrogen) atoms. The number of hydrogen-bond acceptors (Lipinski definition) is 3. The van der Waals surface area contributed by atoms with Crippen LogP contribution in [0.25, 0.3) is 0 Å². The molecule has 1 aromatic carbocycles. The molecule has 0 radical (unpaired) electrons. The van der Waals surface area contributed by atoms with Crippen LogP contribution in [0.2, 0.25) is 0 Å². The zero-order valence-corrected chi connectivity index (χ0v) is 8.91. The van der Waals surface area contributed by atoms with Crippen molar-refractivity contribution in [3.05, 3.63) is 35.4 Å². The minimum Gasteiger partial charge on any atom is -0.465 e. The summed E-state index contributed by atoms with van der Waals surface area (Å²) in [5.41, 5.74) is 1.00. The average Bonchev–Trinajstić information content (AvgIpc) is 2.25. The monoisotopic (exact) mass is 229 g/mol. The van der Waals surface area contributed by atoms with Crippen molar-refractivity contribution < 1.29 is 18.3 Å². The van der Waals surface area contributed by atoms with E-state index in [1.54, 1.807) is 24.3 Å². The second-order valence-corrected chi connectivity index (χ2v) is 3.51. The van der Waals surface area contributed by atoms with Gasteiger partial charge < -0.3 is 4.74 Å². The SMILES string of the molecule is COC(=O)c1ccccc1CNS(=O)O. The van der Waals surface area contributed by atoms with E-state index in [0.717, 1.165) is 0 Å². The van der Waals surface area contributed by atoms with Crippen LogP contribution in [-0.4, -0.2) is 21.8 Å². The third-order valence-electron chi connectivity index (χ3n) is 1.81. The van der Waals surface area contributed by atoms with Gasteiger partial charge in [0, 0.05) is 6.54 Å². The van der Waals surface area contributed by atoms with Gasteiger partial charge in [-0.3, -0.25) is 4.55 Å². The van der Waals surface area contributed by atoms with Crippen LogP contribution < -0.4 is 4.72 Å². The number of benzene rings is 1. The second-order valence-electron chi connectivity index (χ2n) is 2.72. The molecule has 0 aliphatic heterocycles. The smallest absolute Gasteiger partial charge is 0.338 e. The van der Waals surface area contributed by atoms with E-state index in [2.05, 4.69) is 9.46 Å². The number of esters is 1. The molecule has 2 N–H and O–H groups in total. The van der Waals surface area contributed by atoms with Gasteiger partial charge >= 0.3 is 5.97 Å². The lowest BCUT2D eigenvalue weighted by Crippen LogP contribution is -2.17. The summed E-state index contributed by atoms with van der Waals surface area (Å²) in [6.07, 6.45) is 0. The number of rotatable bonds is 4. The summed E-state index contributed by atoms with van der Waals surface area (Å²) < 4.78 is 25.8. The molecule has 1 unspecified atom stereocenters. The molecule has 0 spiro atoms. The van der Waals surface area contributed by atoms with Gasteiger partial charge in [0.1, 0.15) is 0 Å². The maximum atomic E-state index is 11.3. The highest BCUT2D eigenvalue weighted by molar-refractivity contribution is 7.77. The van der Waals surface area contributed by atoms with Crippen LogP contribution in [0.1, 0.15) is 15.9 Å². The van der Waals surface area contributed by atoms with Crippen LogP contribution in [0.3, 0.4) is 0 Å². The Morgan fingerprint density at radius 1 is 1.53 bits per heavy atom. The summed E-state index contributed by atoms with van der Waals surface area (Å²) in [6.45, 7) is 0.133. The van der Waals surface area contributed by atoms with Gasteiger partial charge in [-0.2, -0.15) is 0 Å². The molecule has 82 valence electrons. The highest BCUT2D eigenvalue weighted by Crippen LogP contribution is 2.09. The van der Waals surface area contributed by atoms with Crippen LogP contribution in [-0.2, 0) is 22.5 Å². The zero-order chi connectivity index (χ0) is 11.3. The predicted octanol–water partition coefficient (Wildman–Crippen LogP) is 0.699. The summed E-state index contributed by atoms with van der Waals surface area (Å²) in [6, 6.07) is 6.73. The summed E-state index contributed by atoms with van der Waals surface area (Å²) in [7, 11) is 1.29. The van der Waals surface area contributed by atoms with Gasteiger partial charge in [0.15, 0.2) is 0 Å². The third-order valence-corrected chi connectivity index (χ3v) is 2.20. The molecule has 0 aliphatic carbocycles. The van der Waals surface area contributed by atoms with Crippen molar-refractivity contribution in [2.45, 2.75) is 6.54 Å². The molecule has 0 fully saturated rings. The van der Waals surface area contributed by atoms with Crippen molar-refractivity contribution in [1.82, 2.24) is 4.72 Å². The highest BCUT2D eigenvalue weighted by atomic mass is 32.2. The van der Waals surface area contributed by atoms with E-state index in [9.17, 15) is 9.00 Å². The average molecular weight is 229 g/mol. The van der Waals surface area contributed by atoms with Crippen molar-refractivity contribution >= 4 is 17.2 Å². The Balaban J connectivity index is 2.86. The predicted molar refractivity (Wildman–Crippen MR) is 55.4 cm³/mol. The number of methoxy groups -OCH3 is 1. The van der Waals surface area contributed by atoms with Crippen molar-refractivity contribution in [2.24, 2.45) is 0 Å². The Morgan fingerprint density at radius 2 is 2.20 bits per heavy atom. The molecule has 1 atom stereocenters. The second kappa shape index (κ2) is 5.59. The van der Waals surface area contributed by atoms with E-state index in [1.165, 1.54) is 7.11 Å². The van der Waals surface area contributed by atoms with Crippen molar-refractivity contribution in [2.75, 3.05) is 7.11 Å². The standard InChI is InChI=1S/C9H11NO4S/c1-14-9(11)8-5-3-2-4-7(8)6-10-15(12)13/h2-5,10H,6H2,1H3,(H,12,13). The molecule has 0 saturated carbocycles. The molecule has 1 aromatic rings. The molecule has 0 bridgehead atoms.